The molecule has 2 heterocycles. The Morgan fingerprint density at radius 3 is 2.61 bits per heavy atom. The topological polar surface area (TPSA) is 40.6 Å². The maximum Gasteiger partial charge on any atom is 0.242 e. The molecule has 0 bridgehead atoms. The standard InChI is InChI=1S/C22H27FN2O2S/c1-4-20(26)24(13-15(2)3)14-21(27)25-11-9-19-18(10-12-28-19)22(25)16-5-7-17(23)8-6-16/h5-8,10,12,15,22H,4,9,11,13-14H2,1-3H3/t22-/m0/s1. The molecule has 4 nitrogen and oxygen atoms in total. The van der Waals surface area contributed by atoms with E-state index in [9.17, 15) is 14.0 Å². The van der Waals surface area contributed by atoms with E-state index in [-0.39, 0.29) is 30.2 Å². The summed E-state index contributed by atoms with van der Waals surface area (Å²) in [4.78, 5) is 30.4. The molecule has 0 radical (unpaired) electrons. The van der Waals surface area contributed by atoms with Crippen molar-refractivity contribution >= 4 is 23.2 Å². The number of halogens is 1. The molecule has 1 aromatic heterocycles. The molecule has 0 saturated carbocycles. The van der Waals surface area contributed by atoms with Crippen molar-refractivity contribution in [1.82, 2.24) is 9.80 Å². The van der Waals surface area contributed by atoms with Gasteiger partial charge in [-0.3, -0.25) is 9.59 Å². The fourth-order valence-electron chi connectivity index (χ4n) is 3.76. The molecule has 1 aliphatic heterocycles. The summed E-state index contributed by atoms with van der Waals surface area (Å²) in [6.07, 6.45) is 1.19. The second-order valence-corrected chi connectivity index (χ2v) is 8.61. The normalized spacial score (nSPS) is 16.2. The van der Waals surface area contributed by atoms with Crippen molar-refractivity contribution in [3.63, 3.8) is 0 Å². The van der Waals surface area contributed by atoms with Crippen LogP contribution in [0.2, 0.25) is 0 Å². The van der Waals surface area contributed by atoms with Crippen LogP contribution in [0.1, 0.15) is 49.2 Å². The van der Waals surface area contributed by atoms with Gasteiger partial charge in [-0.05, 0) is 47.0 Å². The first kappa shape index (κ1) is 20.5. The molecule has 2 aromatic rings. The maximum atomic E-state index is 13.4. The van der Waals surface area contributed by atoms with Crippen molar-refractivity contribution in [1.29, 1.82) is 0 Å². The van der Waals surface area contributed by atoms with Gasteiger partial charge in [-0.25, -0.2) is 4.39 Å². The summed E-state index contributed by atoms with van der Waals surface area (Å²) >= 11 is 1.69. The highest BCUT2D eigenvalue weighted by atomic mass is 32.1. The fraction of sp³-hybridized carbons (Fsp3) is 0.455. The summed E-state index contributed by atoms with van der Waals surface area (Å²) in [5, 5.41) is 2.04. The number of hydrogen-bond donors (Lipinski definition) is 0. The lowest BCUT2D eigenvalue weighted by Gasteiger charge is -2.37. The molecule has 6 heteroatoms. The molecule has 1 aliphatic rings. The van der Waals surface area contributed by atoms with E-state index in [0.29, 0.717) is 25.4 Å². The molecule has 1 aromatic carbocycles. The van der Waals surface area contributed by atoms with E-state index in [1.807, 2.05) is 31.1 Å². The van der Waals surface area contributed by atoms with Crippen molar-refractivity contribution in [2.75, 3.05) is 19.6 Å². The minimum absolute atomic E-state index is 0.00591. The number of hydrogen-bond acceptors (Lipinski definition) is 3. The predicted octanol–water partition coefficient (Wildman–Crippen LogP) is 4.26. The third-order valence-electron chi connectivity index (χ3n) is 5.04. The zero-order valence-electron chi connectivity index (χ0n) is 16.7. The van der Waals surface area contributed by atoms with E-state index in [2.05, 4.69) is 6.07 Å². The molecular formula is C22H27FN2O2S. The van der Waals surface area contributed by atoms with E-state index in [1.165, 1.54) is 17.0 Å². The minimum atomic E-state index is -0.292. The highest BCUT2D eigenvalue weighted by Gasteiger charge is 2.33. The van der Waals surface area contributed by atoms with Gasteiger partial charge in [0.1, 0.15) is 5.82 Å². The Labute approximate surface area is 170 Å². The fourth-order valence-corrected chi connectivity index (χ4v) is 4.67. The van der Waals surface area contributed by atoms with Gasteiger partial charge in [0.15, 0.2) is 0 Å². The van der Waals surface area contributed by atoms with E-state index in [4.69, 9.17) is 0 Å². The zero-order valence-corrected chi connectivity index (χ0v) is 17.5. The van der Waals surface area contributed by atoms with Gasteiger partial charge in [-0.1, -0.05) is 32.9 Å². The van der Waals surface area contributed by atoms with Crippen LogP contribution in [0.15, 0.2) is 35.7 Å². The van der Waals surface area contributed by atoms with Crippen LogP contribution in [-0.2, 0) is 16.0 Å². The Balaban J connectivity index is 1.89. The summed E-state index contributed by atoms with van der Waals surface area (Å²) in [6, 6.07) is 8.18. The third kappa shape index (κ3) is 4.43. The van der Waals surface area contributed by atoms with Gasteiger partial charge in [0, 0.05) is 24.4 Å². The number of thiophene rings is 1. The summed E-state index contributed by atoms with van der Waals surface area (Å²) in [6.45, 7) is 7.16. The lowest BCUT2D eigenvalue weighted by Crippen LogP contribution is -2.47. The first-order valence-electron chi connectivity index (χ1n) is 9.79. The first-order valence-corrected chi connectivity index (χ1v) is 10.7. The van der Waals surface area contributed by atoms with Crippen LogP contribution >= 0.6 is 11.3 Å². The van der Waals surface area contributed by atoms with Crippen LogP contribution in [0.25, 0.3) is 0 Å². The smallest absolute Gasteiger partial charge is 0.242 e. The molecule has 0 unspecified atom stereocenters. The van der Waals surface area contributed by atoms with Crippen molar-refractivity contribution in [3.8, 4) is 0 Å². The molecule has 0 aliphatic carbocycles. The molecule has 1 atom stereocenters. The van der Waals surface area contributed by atoms with Gasteiger partial charge in [0.25, 0.3) is 0 Å². The number of rotatable bonds is 6. The van der Waals surface area contributed by atoms with Crippen LogP contribution in [0, 0.1) is 11.7 Å². The first-order chi connectivity index (χ1) is 13.4. The van der Waals surface area contributed by atoms with Gasteiger partial charge >= 0.3 is 0 Å². The van der Waals surface area contributed by atoms with E-state index in [0.717, 1.165) is 17.5 Å². The minimum Gasteiger partial charge on any atom is -0.333 e. The molecule has 0 saturated heterocycles. The van der Waals surface area contributed by atoms with Gasteiger partial charge in [0.05, 0.1) is 12.6 Å². The SMILES string of the molecule is CCC(=O)N(CC(=O)N1CCc2sccc2[C@@H]1c1ccc(F)cc1)CC(C)C. The average molecular weight is 403 g/mol. The van der Waals surface area contributed by atoms with E-state index in [1.54, 1.807) is 28.4 Å². The van der Waals surface area contributed by atoms with Crippen LogP contribution in [0.3, 0.4) is 0 Å². The van der Waals surface area contributed by atoms with Crippen molar-refractivity contribution in [3.05, 3.63) is 57.5 Å². The van der Waals surface area contributed by atoms with Crippen molar-refractivity contribution < 1.29 is 14.0 Å². The molecular weight excluding hydrogens is 375 g/mol. The molecule has 150 valence electrons. The number of benzene rings is 1. The van der Waals surface area contributed by atoms with Crippen molar-refractivity contribution in [2.45, 2.75) is 39.7 Å². The van der Waals surface area contributed by atoms with Gasteiger partial charge < -0.3 is 9.80 Å². The molecule has 28 heavy (non-hydrogen) atoms. The molecule has 0 N–H and O–H groups in total. The number of amides is 2. The quantitative estimate of drug-likeness (QED) is 0.725. The van der Waals surface area contributed by atoms with Crippen LogP contribution in [0.5, 0.6) is 0 Å². The molecule has 2 amide bonds. The summed E-state index contributed by atoms with van der Waals surface area (Å²) < 4.78 is 13.4. The number of carbonyl (C=O) groups is 2. The third-order valence-corrected chi connectivity index (χ3v) is 6.04. The Bertz CT molecular complexity index is 831. The summed E-state index contributed by atoms with van der Waals surface area (Å²) in [5.74, 6) is -0.0668. The number of carbonyl (C=O) groups excluding carboxylic acids is 2. The Morgan fingerprint density at radius 1 is 1.25 bits per heavy atom. The maximum absolute atomic E-state index is 13.4. The highest BCUT2D eigenvalue weighted by Crippen LogP contribution is 2.37. The Hall–Kier alpha value is -2.21. The Morgan fingerprint density at radius 2 is 1.96 bits per heavy atom. The van der Waals surface area contributed by atoms with Crippen LogP contribution < -0.4 is 0 Å². The van der Waals surface area contributed by atoms with Crippen LogP contribution in [0.4, 0.5) is 4.39 Å². The van der Waals surface area contributed by atoms with E-state index >= 15 is 0 Å². The zero-order chi connectivity index (χ0) is 20.3. The summed E-state index contributed by atoms with van der Waals surface area (Å²) in [5.41, 5.74) is 2.00. The lowest BCUT2D eigenvalue weighted by molar-refractivity contribution is -0.142. The molecule has 3 rings (SSSR count). The largest absolute Gasteiger partial charge is 0.333 e. The lowest BCUT2D eigenvalue weighted by atomic mass is 9.93. The van der Waals surface area contributed by atoms with Crippen molar-refractivity contribution in [2.24, 2.45) is 5.92 Å². The second-order valence-electron chi connectivity index (χ2n) is 7.61. The number of fused-ring (bicyclic) bond motifs is 1. The monoisotopic (exact) mass is 402 g/mol. The molecule has 0 fully saturated rings. The Kier molecular flexibility index (Phi) is 6.50. The predicted molar refractivity (Wildman–Crippen MR) is 110 cm³/mol. The van der Waals surface area contributed by atoms with Crippen LogP contribution in [-0.4, -0.2) is 41.2 Å². The highest BCUT2D eigenvalue weighted by molar-refractivity contribution is 7.10. The van der Waals surface area contributed by atoms with Gasteiger partial charge in [-0.2, -0.15) is 0 Å². The van der Waals surface area contributed by atoms with Gasteiger partial charge in [-0.15, -0.1) is 11.3 Å². The van der Waals surface area contributed by atoms with E-state index < -0.39 is 0 Å². The number of nitrogens with zero attached hydrogens (tertiary/aromatic N) is 2. The molecule has 0 spiro atoms. The van der Waals surface area contributed by atoms with Gasteiger partial charge in [0.2, 0.25) is 11.8 Å². The second kappa shape index (κ2) is 8.86. The summed E-state index contributed by atoms with van der Waals surface area (Å²) in [7, 11) is 0. The average Bonchev–Trinajstić information content (AvgIpc) is 3.15.